The van der Waals surface area contributed by atoms with Crippen LogP contribution in [-0.4, -0.2) is 34.7 Å². The summed E-state index contributed by atoms with van der Waals surface area (Å²) in [6, 6.07) is 11.9. The number of nitrogens with zero attached hydrogens (tertiary/aromatic N) is 1. The van der Waals surface area contributed by atoms with Crippen molar-refractivity contribution in [1.82, 2.24) is 0 Å². The second kappa shape index (κ2) is 6.45. The van der Waals surface area contributed by atoms with Crippen LogP contribution in [0.5, 0.6) is 28.9 Å². The van der Waals surface area contributed by atoms with Crippen LogP contribution in [0.25, 0.3) is 22.0 Å². The van der Waals surface area contributed by atoms with Crippen LogP contribution in [0.1, 0.15) is 6.23 Å². The average molecular weight is 382 g/mol. The van der Waals surface area contributed by atoms with Gasteiger partial charge in [-0.25, -0.2) is 0 Å². The summed E-state index contributed by atoms with van der Waals surface area (Å²) in [6.45, 7) is 0.649. The van der Waals surface area contributed by atoms with Gasteiger partial charge in [0.15, 0.2) is 29.6 Å². The third kappa shape index (κ3) is 2.36. The Kier molecular flexibility index (Phi) is 3.91. The lowest BCUT2D eigenvalue weighted by molar-refractivity contribution is -0.731. The normalized spacial score (nSPS) is 16.8. The first kappa shape index (κ1) is 16.9. The molecule has 3 aromatic rings. The Labute approximate surface area is 161 Å². The van der Waals surface area contributed by atoms with Gasteiger partial charge in [-0.2, -0.15) is 0 Å². The topological polar surface area (TPSA) is 59.3 Å². The van der Waals surface area contributed by atoms with Gasteiger partial charge in [-0.15, -0.1) is 4.57 Å². The van der Waals surface area contributed by atoms with Crippen molar-refractivity contribution < 1.29 is 33.0 Å². The molecule has 1 aromatic heterocycles. The van der Waals surface area contributed by atoms with E-state index in [1.165, 1.54) is 0 Å². The highest BCUT2D eigenvalue weighted by atomic mass is 16.7. The zero-order chi connectivity index (χ0) is 19.3. The second-order valence-corrected chi connectivity index (χ2v) is 6.54. The first-order chi connectivity index (χ1) is 13.7. The van der Waals surface area contributed by atoms with E-state index in [0.29, 0.717) is 24.0 Å². The molecule has 144 valence electrons. The fourth-order valence-electron chi connectivity index (χ4n) is 3.83. The molecule has 2 aromatic carbocycles. The highest BCUT2D eigenvalue weighted by Gasteiger charge is 2.40. The molecular formula is C21H20NO6+. The van der Waals surface area contributed by atoms with Crippen molar-refractivity contribution in [3.05, 3.63) is 36.4 Å². The van der Waals surface area contributed by atoms with Gasteiger partial charge < -0.3 is 28.4 Å². The first-order valence-electron chi connectivity index (χ1n) is 8.94. The van der Waals surface area contributed by atoms with E-state index >= 15 is 0 Å². The fourth-order valence-corrected chi connectivity index (χ4v) is 3.83. The molecular weight excluding hydrogens is 362 g/mol. The van der Waals surface area contributed by atoms with Crippen LogP contribution in [0.2, 0.25) is 0 Å². The van der Waals surface area contributed by atoms with Crippen molar-refractivity contribution in [2.24, 2.45) is 0 Å². The monoisotopic (exact) mass is 382 g/mol. The van der Waals surface area contributed by atoms with Crippen LogP contribution in [0.4, 0.5) is 0 Å². The maximum atomic E-state index is 6.06. The van der Waals surface area contributed by atoms with E-state index in [1.807, 2.05) is 34.9 Å². The average Bonchev–Trinajstić information content (AvgIpc) is 3.38. The van der Waals surface area contributed by atoms with E-state index in [-0.39, 0.29) is 13.0 Å². The number of ether oxygens (including phenoxy) is 6. The van der Waals surface area contributed by atoms with Crippen molar-refractivity contribution in [3.8, 4) is 40.1 Å². The van der Waals surface area contributed by atoms with Gasteiger partial charge in [0.2, 0.25) is 12.5 Å². The second-order valence-electron chi connectivity index (χ2n) is 6.54. The summed E-state index contributed by atoms with van der Waals surface area (Å²) in [5.41, 5.74) is 1.94. The number of benzene rings is 2. The molecule has 0 fully saturated rings. The van der Waals surface area contributed by atoms with Gasteiger partial charge in [-0.3, -0.25) is 0 Å². The lowest BCUT2D eigenvalue weighted by Crippen LogP contribution is -2.39. The van der Waals surface area contributed by atoms with E-state index in [0.717, 1.165) is 33.5 Å². The molecule has 7 nitrogen and oxygen atoms in total. The molecule has 0 bridgehead atoms. The molecule has 0 aliphatic carbocycles. The predicted molar refractivity (Wildman–Crippen MR) is 100 cm³/mol. The minimum Gasteiger partial charge on any atom is -0.493 e. The van der Waals surface area contributed by atoms with Crippen LogP contribution < -0.4 is 28.3 Å². The number of rotatable bonds is 4. The number of methoxy groups -OCH3 is 3. The van der Waals surface area contributed by atoms with Gasteiger partial charge in [-0.05, 0) is 30.3 Å². The molecule has 1 unspecified atom stereocenters. The summed E-state index contributed by atoms with van der Waals surface area (Å²) in [7, 11) is 4.92. The van der Waals surface area contributed by atoms with Crippen LogP contribution in [-0.2, 0) is 4.74 Å². The van der Waals surface area contributed by atoms with Gasteiger partial charge in [0.1, 0.15) is 5.39 Å². The first-order valence-corrected chi connectivity index (χ1v) is 8.94. The summed E-state index contributed by atoms with van der Waals surface area (Å²) in [6.07, 6.45) is -0.254. The zero-order valence-corrected chi connectivity index (χ0v) is 15.9. The summed E-state index contributed by atoms with van der Waals surface area (Å²) < 4.78 is 35.9. The minimum atomic E-state index is -0.254. The lowest BCUT2D eigenvalue weighted by atomic mass is 10.0. The van der Waals surface area contributed by atoms with Gasteiger partial charge >= 0.3 is 12.1 Å². The van der Waals surface area contributed by atoms with E-state index in [4.69, 9.17) is 28.4 Å². The quantitative estimate of drug-likeness (QED) is 0.647. The van der Waals surface area contributed by atoms with Crippen LogP contribution >= 0.6 is 0 Å². The van der Waals surface area contributed by atoms with E-state index in [9.17, 15) is 0 Å². The van der Waals surface area contributed by atoms with Crippen LogP contribution in [0.15, 0.2) is 36.4 Å². The van der Waals surface area contributed by atoms with Crippen LogP contribution in [0, 0.1) is 0 Å². The largest absolute Gasteiger partial charge is 0.493 e. The van der Waals surface area contributed by atoms with E-state index in [2.05, 4.69) is 6.07 Å². The number of hydrogen-bond donors (Lipinski definition) is 0. The highest BCUT2D eigenvalue weighted by molar-refractivity contribution is 5.95. The van der Waals surface area contributed by atoms with E-state index < -0.39 is 0 Å². The lowest BCUT2D eigenvalue weighted by Gasteiger charge is -2.13. The third-order valence-corrected chi connectivity index (χ3v) is 5.15. The van der Waals surface area contributed by atoms with Gasteiger partial charge in [-0.1, -0.05) is 0 Å². The summed E-state index contributed by atoms with van der Waals surface area (Å²) in [4.78, 5) is 0. The maximum absolute atomic E-state index is 6.06. The van der Waals surface area contributed by atoms with Gasteiger partial charge in [0.25, 0.3) is 0 Å². The molecule has 0 radical (unpaired) electrons. The van der Waals surface area contributed by atoms with E-state index in [1.54, 1.807) is 21.3 Å². The fraction of sp³-hybridized carbons (Fsp3) is 0.286. The molecule has 2 aliphatic rings. The standard InChI is InChI=1S/C21H20NO6/c1-23-16-7-5-13-8-14(12-4-6-15-17(9-12)28-11-27-15)22-18(24-2)10-26-21(22)19(13)20(16)25-3/h4-9,18H,10-11H2,1-3H3/q+1. The molecule has 7 heteroatoms. The molecule has 0 N–H and O–H groups in total. The summed E-state index contributed by atoms with van der Waals surface area (Å²) >= 11 is 0. The number of hydrogen-bond acceptors (Lipinski definition) is 6. The Morgan fingerprint density at radius 2 is 1.79 bits per heavy atom. The zero-order valence-electron chi connectivity index (χ0n) is 15.9. The number of aromatic nitrogens is 1. The third-order valence-electron chi connectivity index (χ3n) is 5.15. The van der Waals surface area contributed by atoms with Crippen LogP contribution in [0.3, 0.4) is 0 Å². The molecule has 1 atom stereocenters. The van der Waals surface area contributed by atoms with Crippen molar-refractivity contribution in [1.29, 1.82) is 0 Å². The molecule has 0 saturated heterocycles. The molecule has 3 heterocycles. The SMILES string of the molecule is COc1ccc2cc(-c3ccc4c(c3)OCO4)[n+]3c(c2c1OC)OCC3OC. The molecule has 0 spiro atoms. The molecule has 28 heavy (non-hydrogen) atoms. The van der Waals surface area contributed by atoms with Crippen molar-refractivity contribution in [2.75, 3.05) is 34.7 Å². The van der Waals surface area contributed by atoms with Crippen molar-refractivity contribution >= 4 is 10.8 Å². The summed E-state index contributed by atoms with van der Waals surface area (Å²) in [5, 5.41) is 1.83. The molecule has 0 amide bonds. The number of fused-ring (bicyclic) bond motifs is 4. The Morgan fingerprint density at radius 1 is 0.929 bits per heavy atom. The Balaban J connectivity index is 1.81. The molecule has 0 saturated carbocycles. The highest BCUT2D eigenvalue weighted by Crippen LogP contribution is 2.43. The minimum absolute atomic E-state index is 0.239. The van der Waals surface area contributed by atoms with Gasteiger partial charge in [0.05, 0.1) is 19.8 Å². The number of pyridine rings is 1. The molecule has 5 rings (SSSR count). The van der Waals surface area contributed by atoms with Crippen molar-refractivity contribution in [3.63, 3.8) is 0 Å². The summed E-state index contributed by atoms with van der Waals surface area (Å²) in [5.74, 6) is 3.45. The van der Waals surface area contributed by atoms with Crippen molar-refractivity contribution in [2.45, 2.75) is 6.23 Å². The Bertz CT molecular complexity index is 1080. The van der Waals surface area contributed by atoms with Gasteiger partial charge in [0, 0.05) is 18.6 Å². The smallest absolute Gasteiger partial charge is 0.383 e. The predicted octanol–water partition coefficient (Wildman–Crippen LogP) is 3.08. The Morgan fingerprint density at radius 3 is 2.57 bits per heavy atom. The maximum Gasteiger partial charge on any atom is 0.383 e. The Hall–Kier alpha value is -3.19. The molecule has 2 aliphatic heterocycles.